The van der Waals surface area contributed by atoms with E-state index in [1.54, 1.807) is 0 Å². The Morgan fingerprint density at radius 2 is 0.949 bits per heavy atom. The van der Waals surface area contributed by atoms with Crippen molar-refractivity contribution in [1.82, 2.24) is 14.9 Å². The minimum atomic E-state index is -2.15. The van der Waals surface area contributed by atoms with E-state index >= 15 is 0 Å². The van der Waals surface area contributed by atoms with Gasteiger partial charge < -0.3 is 8.99 Å². The van der Waals surface area contributed by atoms with Crippen LogP contribution in [0.4, 0.5) is 0 Å². The molecule has 59 heavy (non-hydrogen) atoms. The van der Waals surface area contributed by atoms with E-state index in [0.717, 1.165) is 30.8 Å². The van der Waals surface area contributed by atoms with Gasteiger partial charge in [-0.15, -0.1) is 0 Å². The van der Waals surface area contributed by atoms with Crippen molar-refractivity contribution in [3.8, 4) is 0 Å². The zero-order chi connectivity index (χ0) is 41.4. The fourth-order valence-electron chi connectivity index (χ4n) is 8.38. The minimum absolute atomic E-state index is 0.0580. The van der Waals surface area contributed by atoms with Gasteiger partial charge in [0.15, 0.2) is 8.32 Å². The molecule has 0 spiro atoms. The first-order valence-electron chi connectivity index (χ1n) is 21.4. The monoisotopic (exact) mass is 795 g/mol. The van der Waals surface area contributed by atoms with Gasteiger partial charge in [-0.2, -0.15) is 0 Å². The predicted molar refractivity (Wildman–Crippen MR) is 248 cm³/mol. The van der Waals surface area contributed by atoms with Gasteiger partial charge in [0.2, 0.25) is 0 Å². The van der Waals surface area contributed by atoms with E-state index in [4.69, 9.17) is 9.41 Å². The lowest BCUT2D eigenvalue weighted by atomic mass is 9.76. The van der Waals surface area contributed by atoms with Crippen LogP contribution in [0.25, 0.3) is 0 Å². The largest absolute Gasteiger partial charge is 0.415 e. The predicted octanol–water partition coefficient (Wildman–Crippen LogP) is 12.6. The summed E-state index contributed by atoms with van der Waals surface area (Å²) in [6.45, 7) is 14.5. The fourth-order valence-corrected chi connectivity index (χ4v) is 9.43. The quantitative estimate of drug-likeness (QED) is 0.0737. The van der Waals surface area contributed by atoms with Crippen LogP contribution in [-0.2, 0) is 28.3 Å². The third-order valence-electron chi connectivity index (χ3n) is 12.5. The molecule has 0 amide bonds. The molecule has 4 nitrogen and oxygen atoms in total. The molecule has 7 aromatic rings. The highest BCUT2D eigenvalue weighted by molar-refractivity contribution is 6.74. The van der Waals surface area contributed by atoms with Gasteiger partial charge in [0, 0.05) is 31.7 Å². The molecule has 1 aromatic heterocycles. The third-order valence-corrected chi connectivity index (χ3v) is 17.0. The molecule has 7 rings (SSSR count). The molecule has 1 unspecified atom stereocenters. The number of imidazole rings is 1. The van der Waals surface area contributed by atoms with Crippen molar-refractivity contribution in [2.45, 2.75) is 88.6 Å². The molecular formula is C54H61N3OSi. The summed E-state index contributed by atoms with van der Waals surface area (Å²) in [5, 5.41) is 4.40. The zero-order valence-electron chi connectivity index (χ0n) is 35.8. The average molecular weight is 796 g/mol. The number of rotatable bonds is 17. The van der Waals surface area contributed by atoms with Crippen molar-refractivity contribution in [2.24, 2.45) is 0 Å². The third kappa shape index (κ3) is 8.70. The van der Waals surface area contributed by atoms with Gasteiger partial charge >= 0.3 is 0 Å². The number of nitrogens with one attached hydrogen (secondary N) is 1. The number of aromatic nitrogens is 2. The number of hydrogen-bond acceptors (Lipinski definition) is 3. The summed E-state index contributed by atoms with van der Waals surface area (Å²) in [5.41, 5.74) is 6.87. The molecule has 0 aliphatic rings. The first-order valence-corrected chi connectivity index (χ1v) is 24.3. The maximum atomic E-state index is 7.20. The standard InChI is InChI=1S/C54H61N3OSi/c1-7-8-39-51-55-49(41-57(51)54(46-33-21-12-22-34-46,47-35-23-13-24-36-47)48-37-25-14-26-38-48)40-50(42-58-59(5,6)52(2,3)4)56-53(43-27-15-9-16-28-43,44-29-17-10-18-30-44)45-31-19-11-20-32-45/h9-38,41,50,56H,7-8,39-40,42H2,1-6H3. The second-order valence-electron chi connectivity index (χ2n) is 17.4. The number of aryl methyl sites for hydroxylation is 1. The summed E-state index contributed by atoms with van der Waals surface area (Å²) in [6.07, 6.45) is 6.01. The first kappa shape index (κ1) is 41.8. The Balaban J connectivity index is 1.44. The summed E-state index contributed by atoms with van der Waals surface area (Å²) in [7, 11) is -2.15. The topological polar surface area (TPSA) is 39.1 Å². The highest BCUT2D eigenvalue weighted by Crippen LogP contribution is 2.43. The SMILES string of the molecule is CCCCc1nc(CC(CO[Si](C)(C)C(C)(C)C)NC(c2ccccc2)(c2ccccc2)c2ccccc2)cn1C(c1ccccc1)(c1ccccc1)c1ccccc1. The van der Waals surface area contributed by atoms with E-state index in [9.17, 15) is 0 Å². The molecule has 302 valence electrons. The number of unbranched alkanes of at least 4 members (excludes halogenated alkanes) is 1. The van der Waals surface area contributed by atoms with Gasteiger partial charge in [-0.05, 0) is 57.9 Å². The molecule has 0 fully saturated rings. The van der Waals surface area contributed by atoms with E-state index < -0.39 is 19.4 Å². The van der Waals surface area contributed by atoms with Crippen molar-refractivity contribution in [1.29, 1.82) is 0 Å². The molecule has 5 heteroatoms. The number of benzene rings is 6. The molecule has 0 saturated carbocycles. The van der Waals surface area contributed by atoms with Crippen LogP contribution >= 0.6 is 0 Å². The van der Waals surface area contributed by atoms with Crippen LogP contribution in [0, 0.1) is 0 Å². The van der Waals surface area contributed by atoms with Crippen LogP contribution in [0.2, 0.25) is 18.1 Å². The lowest BCUT2D eigenvalue weighted by Crippen LogP contribution is -2.54. The Hall–Kier alpha value is -5.33. The molecule has 0 saturated heterocycles. The summed E-state index contributed by atoms with van der Waals surface area (Å²) in [5.74, 6) is 1.09. The summed E-state index contributed by atoms with van der Waals surface area (Å²) in [4.78, 5) is 5.65. The van der Waals surface area contributed by atoms with Crippen LogP contribution < -0.4 is 5.32 Å². The van der Waals surface area contributed by atoms with Gasteiger partial charge in [0.25, 0.3) is 0 Å². The molecular weight excluding hydrogens is 735 g/mol. The highest BCUT2D eigenvalue weighted by atomic mass is 28.4. The molecule has 0 radical (unpaired) electrons. The Morgan fingerprint density at radius 1 is 0.576 bits per heavy atom. The molecule has 1 atom stereocenters. The number of hydrogen-bond donors (Lipinski definition) is 1. The lowest BCUT2D eigenvalue weighted by Gasteiger charge is -2.42. The van der Waals surface area contributed by atoms with Gasteiger partial charge in [-0.25, -0.2) is 4.98 Å². The van der Waals surface area contributed by atoms with E-state index in [1.807, 2.05) is 0 Å². The fraction of sp³-hybridized carbons (Fsp3) is 0.278. The maximum Gasteiger partial charge on any atom is 0.192 e. The molecule has 1 N–H and O–H groups in total. The van der Waals surface area contributed by atoms with E-state index in [2.05, 4.69) is 239 Å². The maximum absolute atomic E-state index is 7.20. The zero-order valence-corrected chi connectivity index (χ0v) is 36.8. The first-order chi connectivity index (χ1) is 28.6. The van der Waals surface area contributed by atoms with Crippen LogP contribution in [0.3, 0.4) is 0 Å². The Morgan fingerprint density at radius 3 is 1.31 bits per heavy atom. The van der Waals surface area contributed by atoms with E-state index in [0.29, 0.717) is 13.0 Å². The Bertz CT molecular complexity index is 2130. The van der Waals surface area contributed by atoms with E-state index in [-0.39, 0.29) is 11.1 Å². The van der Waals surface area contributed by atoms with Gasteiger partial charge in [-0.3, -0.25) is 5.32 Å². The van der Waals surface area contributed by atoms with Crippen molar-refractivity contribution in [2.75, 3.05) is 6.61 Å². The van der Waals surface area contributed by atoms with Crippen LogP contribution in [0.5, 0.6) is 0 Å². The number of nitrogens with zero attached hydrogens (tertiary/aromatic N) is 2. The summed E-state index contributed by atoms with van der Waals surface area (Å²) < 4.78 is 9.70. The van der Waals surface area contributed by atoms with Gasteiger partial charge in [0.05, 0.1) is 11.2 Å². The molecule has 0 aliphatic heterocycles. The summed E-state index contributed by atoms with van der Waals surface area (Å²) in [6, 6.07) is 65.6. The minimum Gasteiger partial charge on any atom is -0.415 e. The van der Waals surface area contributed by atoms with Crippen molar-refractivity contribution in [3.05, 3.63) is 233 Å². The smallest absolute Gasteiger partial charge is 0.192 e. The van der Waals surface area contributed by atoms with Crippen LogP contribution in [0.15, 0.2) is 188 Å². The van der Waals surface area contributed by atoms with Crippen LogP contribution in [-0.4, -0.2) is 30.5 Å². The average Bonchev–Trinajstić information content (AvgIpc) is 3.68. The van der Waals surface area contributed by atoms with E-state index in [1.165, 1.54) is 33.4 Å². The molecule has 1 heterocycles. The second kappa shape index (κ2) is 18.3. The Labute approximate surface area is 354 Å². The van der Waals surface area contributed by atoms with Gasteiger partial charge in [0.1, 0.15) is 11.4 Å². The van der Waals surface area contributed by atoms with Crippen molar-refractivity contribution in [3.63, 3.8) is 0 Å². The second-order valence-corrected chi connectivity index (χ2v) is 22.2. The lowest BCUT2D eigenvalue weighted by molar-refractivity contribution is 0.221. The van der Waals surface area contributed by atoms with Crippen molar-refractivity contribution < 1.29 is 4.43 Å². The molecule has 0 aliphatic carbocycles. The van der Waals surface area contributed by atoms with Crippen molar-refractivity contribution >= 4 is 8.32 Å². The molecule has 0 bridgehead atoms. The highest BCUT2D eigenvalue weighted by Gasteiger charge is 2.43. The summed E-state index contributed by atoms with van der Waals surface area (Å²) >= 11 is 0. The van der Waals surface area contributed by atoms with Gasteiger partial charge in [-0.1, -0.05) is 216 Å². The Kier molecular flexibility index (Phi) is 13.0. The van der Waals surface area contributed by atoms with Crippen LogP contribution in [0.1, 0.15) is 85.4 Å². The normalized spacial score (nSPS) is 13.0. The molecule has 6 aromatic carbocycles.